The van der Waals surface area contributed by atoms with Crippen molar-refractivity contribution < 1.29 is 14.0 Å². The monoisotopic (exact) mass is 260 g/mol. The van der Waals surface area contributed by atoms with Crippen molar-refractivity contribution in [3.8, 4) is 17.2 Å². The molecule has 5 nitrogen and oxygen atoms in total. The Morgan fingerprint density at radius 2 is 2.26 bits per heavy atom. The lowest BCUT2D eigenvalue weighted by atomic mass is 10.1. The summed E-state index contributed by atoms with van der Waals surface area (Å²) in [5.41, 5.74) is 1.92. The van der Waals surface area contributed by atoms with Gasteiger partial charge in [-0.05, 0) is 25.5 Å². The average Bonchev–Trinajstić information content (AvgIpc) is 3.09. The zero-order valence-electron chi connectivity index (χ0n) is 11.0. The molecule has 2 aromatic rings. The van der Waals surface area contributed by atoms with Gasteiger partial charge in [-0.1, -0.05) is 11.2 Å². The van der Waals surface area contributed by atoms with E-state index in [2.05, 4.69) is 10.1 Å². The van der Waals surface area contributed by atoms with Gasteiger partial charge in [0.15, 0.2) is 5.82 Å². The second kappa shape index (κ2) is 5.01. The number of aromatic nitrogens is 2. The van der Waals surface area contributed by atoms with Gasteiger partial charge in [-0.3, -0.25) is 0 Å². The van der Waals surface area contributed by atoms with E-state index in [0.29, 0.717) is 12.5 Å². The van der Waals surface area contributed by atoms with E-state index >= 15 is 0 Å². The smallest absolute Gasteiger partial charge is 0.258 e. The SMILES string of the molecule is COc1cccc(-c2nc([C@@H]3CCOC3)no2)c1C. The summed E-state index contributed by atoms with van der Waals surface area (Å²) < 4.78 is 16.0. The molecular formula is C14H16N2O3. The number of nitrogens with zero attached hydrogens (tertiary/aromatic N) is 2. The Hall–Kier alpha value is -1.88. The summed E-state index contributed by atoms with van der Waals surface area (Å²) in [6.45, 7) is 3.43. The molecule has 0 unspecified atom stereocenters. The van der Waals surface area contributed by atoms with Crippen molar-refractivity contribution in [2.24, 2.45) is 0 Å². The lowest BCUT2D eigenvalue weighted by Gasteiger charge is -2.06. The van der Waals surface area contributed by atoms with Crippen molar-refractivity contribution in [3.63, 3.8) is 0 Å². The standard InChI is InChI=1S/C14H16N2O3/c1-9-11(4-3-5-12(9)17-2)14-15-13(16-19-14)10-6-7-18-8-10/h3-5,10H,6-8H2,1-2H3/t10-/m1/s1. The normalized spacial score (nSPS) is 18.7. The second-order valence-electron chi connectivity index (χ2n) is 4.65. The van der Waals surface area contributed by atoms with Crippen LogP contribution in [-0.2, 0) is 4.74 Å². The predicted molar refractivity (Wildman–Crippen MR) is 69.2 cm³/mol. The zero-order chi connectivity index (χ0) is 13.2. The molecule has 0 bridgehead atoms. The number of methoxy groups -OCH3 is 1. The summed E-state index contributed by atoms with van der Waals surface area (Å²) in [5.74, 6) is 2.35. The van der Waals surface area contributed by atoms with E-state index < -0.39 is 0 Å². The van der Waals surface area contributed by atoms with E-state index in [-0.39, 0.29) is 5.92 Å². The van der Waals surface area contributed by atoms with Gasteiger partial charge in [0.25, 0.3) is 5.89 Å². The van der Waals surface area contributed by atoms with E-state index in [1.54, 1.807) is 7.11 Å². The van der Waals surface area contributed by atoms with Gasteiger partial charge in [0.2, 0.25) is 0 Å². The molecule has 0 amide bonds. The maximum absolute atomic E-state index is 5.37. The van der Waals surface area contributed by atoms with Crippen LogP contribution in [0.2, 0.25) is 0 Å². The Labute approximate surface area is 111 Å². The molecular weight excluding hydrogens is 244 g/mol. The van der Waals surface area contributed by atoms with Crippen LogP contribution in [0.15, 0.2) is 22.7 Å². The molecule has 100 valence electrons. The van der Waals surface area contributed by atoms with Crippen LogP contribution in [-0.4, -0.2) is 30.5 Å². The van der Waals surface area contributed by atoms with Gasteiger partial charge < -0.3 is 14.0 Å². The molecule has 1 aromatic heterocycles. The minimum atomic E-state index is 0.253. The van der Waals surface area contributed by atoms with Crippen molar-refractivity contribution in [2.75, 3.05) is 20.3 Å². The van der Waals surface area contributed by atoms with E-state index in [4.69, 9.17) is 14.0 Å². The van der Waals surface area contributed by atoms with E-state index in [1.165, 1.54) is 0 Å². The third-order valence-corrected chi connectivity index (χ3v) is 3.47. The van der Waals surface area contributed by atoms with Crippen molar-refractivity contribution in [1.29, 1.82) is 0 Å². The van der Waals surface area contributed by atoms with Gasteiger partial charge in [0.1, 0.15) is 5.75 Å². The Morgan fingerprint density at radius 1 is 1.37 bits per heavy atom. The summed E-state index contributed by atoms with van der Waals surface area (Å²) in [5, 5.41) is 4.06. The Kier molecular flexibility index (Phi) is 3.21. The Balaban J connectivity index is 1.94. The summed E-state index contributed by atoms with van der Waals surface area (Å²) in [4.78, 5) is 4.49. The first kappa shape index (κ1) is 12.2. The van der Waals surface area contributed by atoms with Crippen molar-refractivity contribution in [1.82, 2.24) is 10.1 Å². The summed E-state index contributed by atoms with van der Waals surface area (Å²) >= 11 is 0. The minimum absolute atomic E-state index is 0.253. The summed E-state index contributed by atoms with van der Waals surface area (Å²) in [6.07, 6.45) is 0.954. The van der Waals surface area contributed by atoms with Crippen LogP contribution >= 0.6 is 0 Å². The van der Waals surface area contributed by atoms with Crippen LogP contribution in [0.5, 0.6) is 5.75 Å². The van der Waals surface area contributed by atoms with Gasteiger partial charge in [-0.25, -0.2) is 0 Å². The molecule has 1 aliphatic heterocycles. The quantitative estimate of drug-likeness (QED) is 0.848. The largest absolute Gasteiger partial charge is 0.496 e. The zero-order valence-corrected chi connectivity index (χ0v) is 11.0. The van der Waals surface area contributed by atoms with Gasteiger partial charge in [-0.15, -0.1) is 0 Å². The van der Waals surface area contributed by atoms with Crippen LogP contribution in [0.4, 0.5) is 0 Å². The van der Waals surface area contributed by atoms with Gasteiger partial charge >= 0.3 is 0 Å². The molecule has 1 atom stereocenters. The highest BCUT2D eigenvalue weighted by atomic mass is 16.5. The van der Waals surface area contributed by atoms with Crippen molar-refractivity contribution >= 4 is 0 Å². The van der Waals surface area contributed by atoms with Crippen molar-refractivity contribution in [2.45, 2.75) is 19.3 Å². The van der Waals surface area contributed by atoms with Gasteiger partial charge in [-0.2, -0.15) is 4.98 Å². The lowest BCUT2D eigenvalue weighted by Crippen LogP contribution is -1.99. The summed E-state index contributed by atoms with van der Waals surface area (Å²) in [7, 11) is 1.65. The third kappa shape index (κ3) is 2.21. The minimum Gasteiger partial charge on any atom is -0.496 e. The highest BCUT2D eigenvalue weighted by molar-refractivity contribution is 5.62. The van der Waals surface area contributed by atoms with Gasteiger partial charge in [0, 0.05) is 23.7 Å². The molecule has 3 rings (SSSR count). The van der Waals surface area contributed by atoms with Crippen LogP contribution in [0.25, 0.3) is 11.5 Å². The number of rotatable bonds is 3. The first-order valence-electron chi connectivity index (χ1n) is 6.35. The number of benzene rings is 1. The van der Waals surface area contributed by atoms with Crippen LogP contribution in [0, 0.1) is 6.92 Å². The molecule has 1 aromatic carbocycles. The molecule has 0 radical (unpaired) electrons. The predicted octanol–water partition coefficient (Wildman–Crippen LogP) is 2.56. The Bertz CT molecular complexity index is 574. The topological polar surface area (TPSA) is 57.4 Å². The number of hydrogen-bond acceptors (Lipinski definition) is 5. The van der Waals surface area contributed by atoms with Crippen molar-refractivity contribution in [3.05, 3.63) is 29.6 Å². The van der Waals surface area contributed by atoms with E-state index in [0.717, 1.165) is 35.7 Å². The fourth-order valence-corrected chi connectivity index (χ4v) is 2.32. The molecule has 0 aliphatic carbocycles. The molecule has 19 heavy (non-hydrogen) atoms. The first-order chi connectivity index (χ1) is 9.29. The average molecular weight is 260 g/mol. The molecule has 5 heteroatoms. The maximum Gasteiger partial charge on any atom is 0.258 e. The van der Waals surface area contributed by atoms with Crippen LogP contribution < -0.4 is 4.74 Å². The van der Waals surface area contributed by atoms with Crippen LogP contribution in [0.3, 0.4) is 0 Å². The molecule has 2 heterocycles. The Morgan fingerprint density at radius 3 is 3.00 bits per heavy atom. The number of hydrogen-bond donors (Lipinski definition) is 0. The highest BCUT2D eigenvalue weighted by Gasteiger charge is 2.24. The van der Waals surface area contributed by atoms with Crippen LogP contribution in [0.1, 0.15) is 23.7 Å². The second-order valence-corrected chi connectivity index (χ2v) is 4.65. The molecule has 0 spiro atoms. The lowest BCUT2D eigenvalue weighted by molar-refractivity contribution is 0.192. The maximum atomic E-state index is 5.37. The molecule has 0 N–H and O–H groups in total. The summed E-state index contributed by atoms with van der Waals surface area (Å²) in [6, 6.07) is 5.80. The first-order valence-corrected chi connectivity index (χ1v) is 6.35. The molecule has 0 saturated carbocycles. The molecule has 1 fully saturated rings. The fourth-order valence-electron chi connectivity index (χ4n) is 2.32. The fraction of sp³-hybridized carbons (Fsp3) is 0.429. The molecule has 1 aliphatic rings. The van der Waals surface area contributed by atoms with E-state index in [1.807, 2.05) is 25.1 Å². The number of ether oxygens (including phenoxy) is 2. The molecule has 1 saturated heterocycles. The highest BCUT2D eigenvalue weighted by Crippen LogP contribution is 2.30. The van der Waals surface area contributed by atoms with E-state index in [9.17, 15) is 0 Å². The van der Waals surface area contributed by atoms with Gasteiger partial charge in [0.05, 0.1) is 13.7 Å². The third-order valence-electron chi connectivity index (χ3n) is 3.47.